The van der Waals surface area contributed by atoms with E-state index in [2.05, 4.69) is 25.7 Å². The maximum atomic E-state index is 13.8. The van der Waals surface area contributed by atoms with Gasteiger partial charge in [0.05, 0.1) is 41.2 Å². The number of ether oxygens (including phenoxy) is 1. The van der Waals surface area contributed by atoms with Gasteiger partial charge in [-0.3, -0.25) is 5.10 Å². The van der Waals surface area contributed by atoms with E-state index in [1.807, 2.05) is 6.92 Å². The van der Waals surface area contributed by atoms with Gasteiger partial charge in [0, 0.05) is 30.1 Å². The van der Waals surface area contributed by atoms with Crippen LogP contribution in [0.25, 0.3) is 11.4 Å². The van der Waals surface area contributed by atoms with E-state index in [0.29, 0.717) is 72.6 Å². The van der Waals surface area contributed by atoms with Crippen molar-refractivity contribution in [2.45, 2.75) is 42.4 Å². The highest BCUT2D eigenvalue weighted by Gasteiger charge is 2.58. The third-order valence-electron chi connectivity index (χ3n) is 7.66. The summed E-state index contributed by atoms with van der Waals surface area (Å²) in [5, 5.41) is 12.2. The van der Waals surface area contributed by atoms with Gasteiger partial charge in [0.25, 0.3) is 0 Å². The first-order valence-corrected chi connectivity index (χ1v) is 15.1. The lowest BCUT2D eigenvalue weighted by Crippen LogP contribution is -2.44. The van der Waals surface area contributed by atoms with Gasteiger partial charge in [0.1, 0.15) is 16.4 Å². The van der Waals surface area contributed by atoms with Crippen LogP contribution in [0, 0.1) is 12.7 Å². The van der Waals surface area contributed by atoms with Crippen LogP contribution in [0.15, 0.2) is 65.7 Å². The minimum atomic E-state index is -3.86. The molecule has 1 aliphatic heterocycles. The number of benzene rings is 2. The average Bonchev–Trinajstić information content (AvgIpc) is 3.72. The van der Waals surface area contributed by atoms with Gasteiger partial charge in [-0.15, -0.1) is 0 Å². The van der Waals surface area contributed by atoms with Crippen LogP contribution in [0.3, 0.4) is 0 Å². The lowest BCUT2D eigenvalue weighted by molar-refractivity contribution is 0.0985. The van der Waals surface area contributed by atoms with Crippen LogP contribution in [0.5, 0.6) is 0 Å². The molecule has 0 spiro atoms. The molecule has 2 aromatic carbocycles. The Morgan fingerprint density at radius 2 is 1.83 bits per heavy atom. The Morgan fingerprint density at radius 1 is 1.10 bits per heavy atom. The van der Waals surface area contributed by atoms with Crippen molar-refractivity contribution in [1.82, 2.24) is 20.2 Å². The SMILES string of the molecule is Cc1n[nH]cc1NC(=O)Nc1ccc(-c2nc(N3CCOC[C@@H]3C)cc(C3(S(=O)(=O)c4ccc(F)cc4)CC3)n2)cc1. The number of morpholine rings is 1. The second-order valence-corrected chi connectivity index (χ2v) is 12.8. The van der Waals surface area contributed by atoms with Gasteiger partial charge in [0.2, 0.25) is 0 Å². The van der Waals surface area contributed by atoms with E-state index in [4.69, 9.17) is 14.7 Å². The number of anilines is 3. The van der Waals surface area contributed by atoms with Crippen molar-refractivity contribution in [3.8, 4) is 11.4 Å². The Balaban J connectivity index is 1.34. The number of H-pyrrole nitrogens is 1. The molecule has 4 aromatic rings. The van der Waals surface area contributed by atoms with Gasteiger partial charge >= 0.3 is 6.03 Å². The van der Waals surface area contributed by atoms with Crippen LogP contribution in [-0.2, 0) is 19.3 Å². The topological polar surface area (TPSA) is 142 Å². The van der Waals surface area contributed by atoms with Gasteiger partial charge in [-0.1, -0.05) is 0 Å². The van der Waals surface area contributed by atoms with Crippen molar-refractivity contribution in [2.75, 3.05) is 35.3 Å². The highest BCUT2D eigenvalue weighted by molar-refractivity contribution is 7.92. The summed E-state index contributed by atoms with van der Waals surface area (Å²) in [4.78, 5) is 24.2. The number of aryl methyl sites for hydroxylation is 1. The van der Waals surface area contributed by atoms with Crippen molar-refractivity contribution in [1.29, 1.82) is 0 Å². The number of nitrogens with one attached hydrogen (secondary N) is 3. The van der Waals surface area contributed by atoms with Gasteiger partial charge in [0.15, 0.2) is 15.7 Å². The molecule has 218 valence electrons. The number of amides is 2. The van der Waals surface area contributed by atoms with Crippen LogP contribution in [0.2, 0.25) is 0 Å². The molecular weight excluding hydrogens is 561 g/mol. The number of aromatic amines is 1. The molecule has 3 N–H and O–H groups in total. The molecular formula is C29H30FN7O4S. The summed E-state index contributed by atoms with van der Waals surface area (Å²) in [6.45, 7) is 5.45. The van der Waals surface area contributed by atoms with Crippen LogP contribution in [-0.4, -0.2) is 60.4 Å². The summed E-state index contributed by atoms with van der Waals surface area (Å²) in [6, 6.07) is 13.3. The molecule has 1 atom stereocenters. The third kappa shape index (κ3) is 5.21. The number of aromatic nitrogens is 4. The smallest absolute Gasteiger partial charge is 0.323 e. The van der Waals surface area contributed by atoms with E-state index in [1.54, 1.807) is 43.5 Å². The molecule has 42 heavy (non-hydrogen) atoms. The molecule has 6 rings (SSSR count). The summed E-state index contributed by atoms with van der Waals surface area (Å²) >= 11 is 0. The lowest BCUT2D eigenvalue weighted by Gasteiger charge is -2.34. The van der Waals surface area contributed by atoms with E-state index in [-0.39, 0.29) is 10.9 Å². The molecule has 11 nitrogen and oxygen atoms in total. The van der Waals surface area contributed by atoms with E-state index < -0.39 is 26.4 Å². The molecule has 13 heteroatoms. The number of rotatable bonds is 7. The largest absolute Gasteiger partial charge is 0.377 e. The Labute approximate surface area is 242 Å². The van der Waals surface area contributed by atoms with Gasteiger partial charge < -0.3 is 20.3 Å². The molecule has 0 radical (unpaired) electrons. The summed E-state index contributed by atoms with van der Waals surface area (Å²) < 4.78 is 45.6. The predicted octanol–water partition coefficient (Wildman–Crippen LogP) is 4.65. The number of sulfone groups is 1. The van der Waals surface area contributed by atoms with E-state index >= 15 is 0 Å². The number of carbonyl (C=O) groups is 1. The van der Waals surface area contributed by atoms with Crippen LogP contribution in [0.4, 0.5) is 26.4 Å². The number of carbonyl (C=O) groups excluding carboxylic acids is 1. The molecule has 2 fully saturated rings. The zero-order valence-corrected chi connectivity index (χ0v) is 23.9. The molecule has 1 aliphatic carbocycles. The molecule has 1 saturated carbocycles. The summed E-state index contributed by atoms with van der Waals surface area (Å²) in [7, 11) is -3.86. The molecule has 2 aliphatic rings. The number of hydrogen-bond donors (Lipinski definition) is 3. The first kappa shape index (κ1) is 27.8. The van der Waals surface area contributed by atoms with Crippen molar-refractivity contribution in [3.63, 3.8) is 0 Å². The summed E-state index contributed by atoms with van der Waals surface area (Å²) in [5.74, 6) is 0.481. The zero-order valence-electron chi connectivity index (χ0n) is 23.1. The average molecular weight is 592 g/mol. The van der Waals surface area contributed by atoms with Crippen LogP contribution < -0.4 is 15.5 Å². The molecule has 2 amide bonds. The minimum Gasteiger partial charge on any atom is -0.377 e. The number of hydrogen-bond acceptors (Lipinski definition) is 8. The Bertz CT molecular complexity index is 1720. The van der Waals surface area contributed by atoms with Crippen LogP contribution >= 0.6 is 0 Å². The van der Waals surface area contributed by atoms with Crippen LogP contribution in [0.1, 0.15) is 31.2 Å². The lowest BCUT2D eigenvalue weighted by atomic mass is 10.1. The fraction of sp³-hybridized carbons (Fsp3) is 0.310. The molecule has 0 bridgehead atoms. The number of nitrogens with zero attached hydrogens (tertiary/aromatic N) is 4. The van der Waals surface area contributed by atoms with E-state index in [0.717, 1.165) is 12.1 Å². The first-order valence-electron chi connectivity index (χ1n) is 13.6. The third-order valence-corrected chi connectivity index (χ3v) is 10.2. The van der Waals surface area contributed by atoms with E-state index in [9.17, 15) is 17.6 Å². The van der Waals surface area contributed by atoms with Crippen molar-refractivity contribution >= 4 is 33.1 Å². The van der Waals surface area contributed by atoms with E-state index in [1.165, 1.54) is 12.1 Å². The maximum Gasteiger partial charge on any atom is 0.323 e. The molecule has 0 unspecified atom stereocenters. The number of halogens is 1. The predicted molar refractivity (Wildman–Crippen MR) is 156 cm³/mol. The second kappa shape index (κ2) is 10.8. The van der Waals surface area contributed by atoms with Gasteiger partial charge in [-0.2, -0.15) is 5.10 Å². The maximum absolute atomic E-state index is 13.8. The Hall–Kier alpha value is -4.36. The highest BCUT2D eigenvalue weighted by atomic mass is 32.2. The first-order chi connectivity index (χ1) is 20.2. The summed E-state index contributed by atoms with van der Waals surface area (Å²) in [5.41, 5.74) is 2.85. The Kier molecular flexibility index (Phi) is 7.15. The quantitative estimate of drug-likeness (QED) is 0.264. The minimum absolute atomic E-state index is 0.0298. The molecule has 2 aromatic heterocycles. The molecule has 3 heterocycles. The van der Waals surface area contributed by atoms with Gasteiger partial charge in [-0.05, 0) is 75.2 Å². The normalized spacial score (nSPS) is 18.0. The molecule has 1 saturated heterocycles. The monoisotopic (exact) mass is 591 g/mol. The Morgan fingerprint density at radius 3 is 2.48 bits per heavy atom. The van der Waals surface area contributed by atoms with Crippen molar-refractivity contribution < 1.29 is 22.3 Å². The zero-order chi connectivity index (χ0) is 29.5. The van der Waals surface area contributed by atoms with Crippen molar-refractivity contribution in [2.24, 2.45) is 0 Å². The fourth-order valence-electron chi connectivity index (χ4n) is 5.10. The standard InChI is InChI=1S/C29H30FN7O4S/c1-18-17-41-14-13-37(18)26-15-25(29(11-12-29)42(39,40)23-9-5-21(30)6-10-23)34-27(35-26)20-3-7-22(8-4-20)32-28(38)33-24-16-31-36-19(24)2/h3-10,15-16,18H,11-14,17H2,1-2H3,(H,31,36)(H2,32,33,38)/t18-/m0/s1. The fourth-order valence-corrected chi connectivity index (χ4v) is 7.06. The second-order valence-electron chi connectivity index (χ2n) is 10.5. The highest BCUT2D eigenvalue weighted by Crippen LogP contribution is 2.55. The summed E-state index contributed by atoms with van der Waals surface area (Å²) in [6.07, 6.45) is 2.39. The van der Waals surface area contributed by atoms with Crippen molar-refractivity contribution in [3.05, 3.63) is 78.0 Å². The van der Waals surface area contributed by atoms with Gasteiger partial charge in [-0.25, -0.2) is 27.6 Å². The number of urea groups is 1.